The molecule has 0 saturated heterocycles. The van der Waals surface area contributed by atoms with E-state index < -0.39 is 0 Å². The van der Waals surface area contributed by atoms with Crippen LogP contribution in [0.3, 0.4) is 0 Å². The van der Waals surface area contributed by atoms with E-state index >= 15 is 0 Å². The minimum Gasteiger partial charge on any atom is -0.393 e. The Bertz CT molecular complexity index is 465. The van der Waals surface area contributed by atoms with Crippen molar-refractivity contribution in [3.63, 3.8) is 0 Å². The first-order valence-corrected chi connectivity index (χ1v) is 8.22. The molecule has 19 heavy (non-hydrogen) atoms. The minimum absolute atomic E-state index is 0.117. The lowest BCUT2D eigenvalue weighted by molar-refractivity contribution is 0.0366. The maximum absolute atomic E-state index is 10.5. The predicted molar refractivity (Wildman–Crippen MR) is 66.8 cm³/mol. The molecule has 0 radical (unpaired) electrons. The number of aliphatic hydroxyl groups is 3. The van der Waals surface area contributed by atoms with Crippen molar-refractivity contribution in [2.75, 3.05) is 0 Å². The van der Waals surface area contributed by atoms with Crippen molar-refractivity contribution in [3.05, 3.63) is 0 Å². The SMILES string of the molecule is O[C@@H]1C[C@H]2[C@H]3C[C@H](O)[C@@H]4[C@@H]3[C@@H]3[C@H]5[C@@H](C[C@H](O)[C@@H]54)[C@H]1[C@H]23. The van der Waals surface area contributed by atoms with Gasteiger partial charge in [-0.05, 0) is 78.4 Å². The number of hydrogen-bond acceptors (Lipinski definition) is 3. The molecule has 104 valence electrons. The first kappa shape index (κ1) is 10.6. The molecule has 3 N–H and O–H groups in total. The van der Waals surface area contributed by atoms with Gasteiger partial charge in [0, 0.05) is 0 Å². The molecule has 6 rings (SSSR count). The molecule has 0 bridgehead atoms. The van der Waals surface area contributed by atoms with E-state index in [9.17, 15) is 15.3 Å². The summed E-state index contributed by atoms with van der Waals surface area (Å²) in [5.74, 6) is 5.97. The van der Waals surface area contributed by atoms with Crippen molar-refractivity contribution < 1.29 is 15.3 Å². The zero-order valence-corrected chi connectivity index (χ0v) is 11.0. The van der Waals surface area contributed by atoms with Crippen LogP contribution in [0.1, 0.15) is 19.3 Å². The Morgan fingerprint density at radius 1 is 0.421 bits per heavy atom. The van der Waals surface area contributed by atoms with Gasteiger partial charge in [-0.3, -0.25) is 0 Å². The Morgan fingerprint density at radius 2 is 0.842 bits per heavy atom. The molecule has 0 aromatic carbocycles. The molecule has 13 atom stereocenters. The Balaban J connectivity index is 1.58. The molecule has 6 aliphatic carbocycles. The summed E-state index contributed by atoms with van der Waals surface area (Å²) in [6.45, 7) is 0. The predicted octanol–water partition coefficient (Wildman–Crippen LogP) is 0.483. The summed E-state index contributed by atoms with van der Waals surface area (Å²) in [6.07, 6.45) is 2.34. The molecule has 0 amide bonds. The molecule has 6 fully saturated rings. The van der Waals surface area contributed by atoms with Crippen molar-refractivity contribution in [1.82, 2.24) is 0 Å². The Hall–Kier alpha value is -0.120. The van der Waals surface area contributed by atoms with E-state index in [4.69, 9.17) is 0 Å². The zero-order valence-electron chi connectivity index (χ0n) is 11.0. The maximum atomic E-state index is 10.5. The molecule has 6 saturated carbocycles. The van der Waals surface area contributed by atoms with Gasteiger partial charge >= 0.3 is 0 Å². The molecular weight excluding hydrogens is 240 g/mol. The van der Waals surface area contributed by atoms with Crippen molar-refractivity contribution in [3.8, 4) is 0 Å². The maximum Gasteiger partial charge on any atom is 0.0577 e. The number of fused-ring (bicyclic) bond motifs is 3. The monoisotopic (exact) mass is 262 g/mol. The number of aliphatic hydroxyl groups excluding tert-OH is 3. The highest BCUT2D eigenvalue weighted by Crippen LogP contribution is 2.79. The quantitative estimate of drug-likeness (QED) is 0.595. The highest BCUT2D eigenvalue weighted by Gasteiger charge is 2.78. The summed E-state index contributed by atoms with van der Waals surface area (Å²) in [7, 11) is 0. The fraction of sp³-hybridized carbons (Fsp3) is 1.00. The molecule has 0 aliphatic heterocycles. The summed E-state index contributed by atoms with van der Waals surface area (Å²) in [6, 6.07) is 0. The molecular formula is C16H22O3. The van der Waals surface area contributed by atoms with Gasteiger partial charge in [0.05, 0.1) is 18.3 Å². The zero-order chi connectivity index (χ0) is 12.6. The first-order valence-electron chi connectivity index (χ1n) is 8.22. The van der Waals surface area contributed by atoms with Gasteiger partial charge < -0.3 is 15.3 Å². The van der Waals surface area contributed by atoms with Crippen LogP contribution in [-0.2, 0) is 0 Å². The third-order valence-electron chi connectivity index (χ3n) is 8.51. The second-order valence-corrected chi connectivity index (χ2v) is 8.44. The number of rotatable bonds is 0. The fourth-order valence-corrected chi connectivity index (χ4v) is 8.73. The molecule has 0 spiro atoms. The molecule has 0 aromatic rings. The molecule has 3 nitrogen and oxygen atoms in total. The lowest BCUT2D eigenvalue weighted by atomic mass is 9.83. The highest BCUT2D eigenvalue weighted by atomic mass is 16.3. The van der Waals surface area contributed by atoms with Crippen LogP contribution in [0.25, 0.3) is 0 Å². The van der Waals surface area contributed by atoms with Crippen LogP contribution in [-0.4, -0.2) is 33.6 Å². The van der Waals surface area contributed by atoms with Crippen LogP contribution >= 0.6 is 0 Å². The van der Waals surface area contributed by atoms with Crippen LogP contribution in [0.4, 0.5) is 0 Å². The first-order chi connectivity index (χ1) is 9.18. The van der Waals surface area contributed by atoms with Gasteiger partial charge in [0.15, 0.2) is 0 Å². The van der Waals surface area contributed by atoms with Crippen LogP contribution in [0.5, 0.6) is 0 Å². The third kappa shape index (κ3) is 0.873. The normalized spacial score (nSPS) is 78.2. The number of hydrogen-bond donors (Lipinski definition) is 3. The van der Waals surface area contributed by atoms with Crippen molar-refractivity contribution >= 4 is 0 Å². The summed E-state index contributed by atoms with van der Waals surface area (Å²) in [5, 5.41) is 31.5. The highest BCUT2D eigenvalue weighted by molar-refractivity contribution is 5.26. The average Bonchev–Trinajstić information content (AvgIpc) is 3.05. The lowest BCUT2D eigenvalue weighted by Crippen LogP contribution is -2.30. The summed E-state index contributed by atoms with van der Waals surface area (Å²) >= 11 is 0. The fourth-order valence-electron chi connectivity index (χ4n) is 8.73. The summed E-state index contributed by atoms with van der Waals surface area (Å²) < 4.78 is 0. The smallest absolute Gasteiger partial charge is 0.0577 e. The third-order valence-corrected chi connectivity index (χ3v) is 8.51. The van der Waals surface area contributed by atoms with Gasteiger partial charge in [0.1, 0.15) is 0 Å². The molecule has 0 aromatic heterocycles. The lowest BCUT2D eigenvalue weighted by Gasteiger charge is -2.25. The Kier molecular flexibility index (Phi) is 1.62. The van der Waals surface area contributed by atoms with E-state index in [1.165, 1.54) is 0 Å². The summed E-state index contributed by atoms with van der Waals surface area (Å²) in [4.78, 5) is 0. The van der Waals surface area contributed by atoms with Gasteiger partial charge in [-0.2, -0.15) is 0 Å². The Morgan fingerprint density at radius 3 is 1.47 bits per heavy atom. The van der Waals surface area contributed by atoms with E-state index in [1.54, 1.807) is 0 Å². The van der Waals surface area contributed by atoms with Crippen molar-refractivity contribution in [2.45, 2.75) is 37.6 Å². The molecule has 6 aliphatic rings. The average molecular weight is 262 g/mol. The molecule has 0 unspecified atom stereocenters. The van der Waals surface area contributed by atoms with Crippen LogP contribution in [0.2, 0.25) is 0 Å². The largest absolute Gasteiger partial charge is 0.393 e. The summed E-state index contributed by atoms with van der Waals surface area (Å²) in [5.41, 5.74) is 0. The van der Waals surface area contributed by atoms with Crippen molar-refractivity contribution in [2.24, 2.45) is 59.2 Å². The Labute approximate surface area is 113 Å². The van der Waals surface area contributed by atoms with E-state index in [0.717, 1.165) is 31.1 Å². The van der Waals surface area contributed by atoms with E-state index in [2.05, 4.69) is 0 Å². The van der Waals surface area contributed by atoms with Crippen LogP contribution < -0.4 is 0 Å². The van der Waals surface area contributed by atoms with E-state index in [1.807, 2.05) is 0 Å². The van der Waals surface area contributed by atoms with E-state index in [0.29, 0.717) is 47.3 Å². The second-order valence-electron chi connectivity index (χ2n) is 8.44. The topological polar surface area (TPSA) is 60.7 Å². The van der Waals surface area contributed by atoms with Gasteiger partial charge in [-0.15, -0.1) is 0 Å². The molecule has 3 heteroatoms. The second kappa shape index (κ2) is 2.90. The minimum atomic E-state index is -0.203. The van der Waals surface area contributed by atoms with Gasteiger partial charge in [0.2, 0.25) is 0 Å². The molecule has 0 heterocycles. The van der Waals surface area contributed by atoms with Gasteiger partial charge in [0.25, 0.3) is 0 Å². The van der Waals surface area contributed by atoms with Crippen LogP contribution in [0, 0.1) is 59.2 Å². The van der Waals surface area contributed by atoms with Crippen molar-refractivity contribution in [1.29, 1.82) is 0 Å². The van der Waals surface area contributed by atoms with E-state index in [-0.39, 0.29) is 18.3 Å². The van der Waals surface area contributed by atoms with Gasteiger partial charge in [-0.25, -0.2) is 0 Å². The van der Waals surface area contributed by atoms with Gasteiger partial charge in [-0.1, -0.05) is 0 Å². The van der Waals surface area contributed by atoms with Crippen LogP contribution in [0.15, 0.2) is 0 Å². The standard InChI is InChI=1S/C16H22O3/c17-7-1-4-5-2-8(18)14-12(5)16-11(4)10(7)6-3-9(19)15(14)13(6)16/h4-19H,1-3H2/t4-,5+,6-,7+,8-,9-,10+,11-,12+,13-,14+,15-,16+/m0/s1.